The molecule has 0 bridgehead atoms. The molecule has 25 heavy (non-hydrogen) atoms. The SMILES string of the molecule is Cc1cccc2nc(Nc3cccc(S(C)(=O)=O)c3)c3[nH]ncc3c12. The molecule has 0 fully saturated rings. The van der Waals surface area contributed by atoms with E-state index in [1.165, 1.54) is 6.26 Å². The summed E-state index contributed by atoms with van der Waals surface area (Å²) in [5.74, 6) is 0.608. The van der Waals surface area contributed by atoms with Gasteiger partial charge < -0.3 is 5.32 Å². The molecular weight excluding hydrogens is 336 g/mol. The van der Waals surface area contributed by atoms with Crippen LogP contribution in [0, 0.1) is 6.92 Å². The van der Waals surface area contributed by atoms with Crippen molar-refractivity contribution in [2.75, 3.05) is 11.6 Å². The van der Waals surface area contributed by atoms with Gasteiger partial charge in [-0.3, -0.25) is 5.10 Å². The summed E-state index contributed by atoms with van der Waals surface area (Å²) in [6.07, 6.45) is 2.97. The quantitative estimate of drug-likeness (QED) is 0.588. The second kappa shape index (κ2) is 5.56. The van der Waals surface area contributed by atoms with Crippen molar-refractivity contribution in [1.82, 2.24) is 15.2 Å². The molecule has 0 atom stereocenters. The number of pyridine rings is 1. The summed E-state index contributed by atoms with van der Waals surface area (Å²) in [7, 11) is -3.27. The lowest BCUT2D eigenvalue weighted by Gasteiger charge is -2.11. The van der Waals surface area contributed by atoms with Gasteiger partial charge in [0.15, 0.2) is 15.7 Å². The molecule has 0 saturated carbocycles. The summed E-state index contributed by atoms with van der Waals surface area (Å²) in [5, 5.41) is 12.4. The zero-order valence-corrected chi connectivity index (χ0v) is 14.6. The molecule has 4 rings (SSSR count). The topological polar surface area (TPSA) is 87.7 Å². The summed E-state index contributed by atoms with van der Waals surface area (Å²) in [4.78, 5) is 4.95. The lowest BCUT2D eigenvalue weighted by molar-refractivity contribution is 0.602. The van der Waals surface area contributed by atoms with Crippen LogP contribution < -0.4 is 5.32 Å². The van der Waals surface area contributed by atoms with E-state index in [1.54, 1.807) is 30.5 Å². The maximum Gasteiger partial charge on any atom is 0.175 e. The van der Waals surface area contributed by atoms with Gasteiger partial charge in [-0.1, -0.05) is 18.2 Å². The summed E-state index contributed by atoms with van der Waals surface area (Å²) >= 11 is 0. The molecule has 126 valence electrons. The van der Waals surface area contributed by atoms with E-state index in [0.717, 1.165) is 27.4 Å². The molecule has 2 N–H and O–H groups in total. The average Bonchev–Trinajstić information content (AvgIpc) is 3.04. The van der Waals surface area contributed by atoms with Gasteiger partial charge >= 0.3 is 0 Å². The van der Waals surface area contributed by atoms with E-state index < -0.39 is 9.84 Å². The minimum absolute atomic E-state index is 0.259. The normalized spacial score (nSPS) is 11.9. The van der Waals surface area contributed by atoms with E-state index >= 15 is 0 Å². The van der Waals surface area contributed by atoms with E-state index in [4.69, 9.17) is 4.98 Å². The maximum absolute atomic E-state index is 11.8. The highest BCUT2D eigenvalue weighted by molar-refractivity contribution is 7.90. The number of aromatic nitrogens is 3. The van der Waals surface area contributed by atoms with Crippen molar-refractivity contribution in [2.45, 2.75) is 11.8 Å². The van der Waals surface area contributed by atoms with E-state index in [9.17, 15) is 8.42 Å². The van der Waals surface area contributed by atoms with Crippen LogP contribution in [0.25, 0.3) is 21.8 Å². The highest BCUT2D eigenvalue weighted by atomic mass is 32.2. The molecule has 0 spiro atoms. The molecule has 0 aliphatic carbocycles. The number of aromatic amines is 1. The van der Waals surface area contributed by atoms with Crippen LogP contribution in [0.3, 0.4) is 0 Å². The van der Waals surface area contributed by atoms with Crippen LogP contribution in [0.1, 0.15) is 5.56 Å². The number of sulfone groups is 1. The summed E-state index contributed by atoms with van der Waals surface area (Å²) in [6.45, 7) is 2.04. The Morgan fingerprint density at radius 3 is 2.72 bits per heavy atom. The molecule has 0 unspecified atom stereocenters. The first kappa shape index (κ1) is 15.6. The lowest BCUT2D eigenvalue weighted by Crippen LogP contribution is -2.00. The number of aryl methyl sites for hydroxylation is 1. The maximum atomic E-state index is 11.8. The molecule has 0 amide bonds. The van der Waals surface area contributed by atoms with Crippen LogP contribution in [-0.2, 0) is 9.84 Å². The first-order valence-electron chi connectivity index (χ1n) is 7.73. The molecule has 7 heteroatoms. The van der Waals surface area contributed by atoms with E-state index in [0.29, 0.717) is 11.5 Å². The Bertz CT molecular complexity index is 1210. The van der Waals surface area contributed by atoms with Crippen LogP contribution in [0.5, 0.6) is 0 Å². The number of anilines is 2. The second-order valence-electron chi connectivity index (χ2n) is 6.01. The smallest absolute Gasteiger partial charge is 0.175 e. The van der Waals surface area contributed by atoms with Gasteiger partial charge in [0.1, 0.15) is 5.52 Å². The first-order chi connectivity index (χ1) is 11.9. The van der Waals surface area contributed by atoms with Crippen LogP contribution in [-0.4, -0.2) is 29.9 Å². The van der Waals surface area contributed by atoms with Gasteiger partial charge in [-0.25, -0.2) is 13.4 Å². The fraction of sp³-hybridized carbons (Fsp3) is 0.111. The number of hydrogen-bond donors (Lipinski definition) is 2. The van der Waals surface area contributed by atoms with Gasteiger partial charge in [-0.2, -0.15) is 5.10 Å². The zero-order chi connectivity index (χ0) is 17.6. The number of benzene rings is 2. The Kier molecular flexibility index (Phi) is 3.47. The van der Waals surface area contributed by atoms with Crippen molar-refractivity contribution in [3.05, 3.63) is 54.2 Å². The minimum atomic E-state index is -3.27. The Morgan fingerprint density at radius 2 is 1.92 bits per heavy atom. The van der Waals surface area contributed by atoms with E-state index in [1.807, 2.05) is 25.1 Å². The Labute approximate surface area is 144 Å². The molecule has 0 saturated heterocycles. The monoisotopic (exact) mass is 352 g/mol. The van der Waals surface area contributed by atoms with Gasteiger partial charge in [0.25, 0.3) is 0 Å². The van der Waals surface area contributed by atoms with Crippen molar-refractivity contribution >= 4 is 43.1 Å². The molecule has 0 radical (unpaired) electrons. The van der Waals surface area contributed by atoms with Gasteiger partial charge in [0, 0.05) is 22.7 Å². The molecule has 4 aromatic rings. The van der Waals surface area contributed by atoms with Crippen LogP contribution >= 0.6 is 0 Å². The fourth-order valence-electron chi connectivity index (χ4n) is 2.96. The van der Waals surface area contributed by atoms with Crippen molar-refractivity contribution in [3.8, 4) is 0 Å². The molecule has 2 aromatic heterocycles. The van der Waals surface area contributed by atoms with Crippen molar-refractivity contribution in [3.63, 3.8) is 0 Å². The number of fused-ring (bicyclic) bond motifs is 3. The number of nitrogens with one attached hydrogen (secondary N) is 2. The van der Waals surface area contributed by atoms with Crippen LogP contribution in [0.15, 0.2) is 53.6 Å². The average molecular weight is 352 g/mol. The van der Waals surface area contributed by atoms with Crippen molar-refractivity contribution < 1.29 is 8.42 Å². The van der Waals surface area contributed by atoms with Crippen molar-refractivity contribution in [2.24, 2.45) is 0 Å². The van der Waals surface area contributed by atoms with Gasteiger partial charge in [-0.05, 0) is 36.8 Å². The molecule has 2 heterocycles. The highest BCUT2D eigenvalue weighted by Crippen LogP contribution is 2.31. The molecule has 0 aliphatic heterocycles. The third-order valence-corrected chi connectivity index (χ3v) is 5.26. The standard InChI is InChI=1S/C18H16N4O2S/c1-11-5-3-8-15-16(11)14-10-19-22-17(14)18(21-15)20-12-6-4-7-13(9-12)25(2,23)24/h3-10H,1-2H3,(H,19,22)(H,20,21). The number of H-pyrrole nitrogens is 1. The molecular formula is C18H16N4O2S. The minimum Gasteiger partial charge on any atom is -0.338 e. The first-order valence-corrected chi connectivity index (χ1v) is 9.62. The van der Waals surface area contributed by atoms with E-state index in [2.05, 4.69) is 15.5 Å². The zero-order valence-electron chi connectivity index (χ0n) is 13.7. The molecule has 2 aromatic carbocycles. The third kappa shape index (κ3) is 2.72. The second-order valence-corrected chi connectivity index (χ2v) is 8.03. The highest BCUT2D eigenvalue weighted by Gasteiger charge is 2.13. The van der Waals surface area contributed by atoms with Crippen LogP contribution in [0.4, 0.5) is 11.5 Å². The van der Waals surface area contributed by atoms with Gasteiger partial charge in [-0.15, -0.1) is 0 Å². The summed E-state index contributed by atoms with van der Waals surface area (Å²) < 4.78 is 23.5. The van der Waals surface area contributed by atoms with E-state index in [-0.39, 0.29) is 4.90 Å². The predicted octanol–water partition coefficient (Wildman–Crippen LogP) is 3.57. The van der Waals surface area contributed by atoms with Crippen molar-refractivity contribution in [1.29, 1.82) is 0 Å². The Morgan fingerprint density at radius 1 is 1.12 bits per heavy atom. The number of rotatable bonds is 3. The Balaban J connectivity index is 1.89. The summed E-state index contributed by atoms with van der Waals surface area (Å²) in [5.41, 5.74) is 3.42. The molecule has 0 aliphatic rings. The number of nitrogens with zero attached hydrogens (tertiary/aromatic N) is 2. The predicted molar refractivity (Wildman–Crippen MR) is 99.0 cm³/mol. The third-order valence-electron chi connectivity index (χ3n) is 4.15. The number of hydrogen-bond acceptors (Lipinski definition) is 5. The molecule has 6 nitrogen and oxygen atoms in total. The largest absolute Gasteiger partial charge is 0.338 e. The fourth-order valence-corrected chi connectivity index (χ4v) is 3.63. The lowest BCUT2D eigenvalue weighted by atomic mass is 10.1. The van der Waals surface area contributed by atoms with Gasteiger partial charge in [0.2, 0.25) is 0 Å². The van der Waals surface area contributed by atoms with Crippen LogP contribution in [0.2, 0.25) is 0 Å². The van der Waals surface area contributed by atoms with Gasteiger partial charge in [0.05, 0.1) is 16.6 Å². The summed E-state index contributed by atoms with van der Waals surface area (Å²) in [6, 6.07) is 12.6. The Hall–Kier alpha value is -2.93.